The number of rotatable bonds is 4. The predicted molar refractivity (Wildman–Crippen MR) is 150 cm³/mol. The zero-order valence-electron chi connectivity index (χ0n) is 19.8. The van der Waals surface area contributed by atoms with Gasteiger partial charge in [0.2, 0.25) is 0 Å². The van der Waals surface area contributed by atoms with E-state index >= 15 is 0 Å². The van der Waals surface area contributed by atoms with Gasteiger partial charge in [0, 0.05) is 29.8 Å². The van der Waals surface area contributed by atoms with Crippen LogP contribution in [0, 0.1) is 6.92 Å². The number of hydrogen-bond donors (Lipinski definition) is 2. The molecule has 0 radical (unpaired) electrons. The SMILES string of the molecule is Cc1ccc(-c2ccccc2C(=O)Nc2ccc(C(=O)N3CCC(=S)Nc4ccccc43)cc2)cc1. The van der Waals surface area contributed by atoms with Gasteiger partial charge in [0.15, 0.2) is 0 Å². The summed E-state index contributed by atoms with van der Waals surface area (Å²) in [5.74, 6) is -0.317. The quantitative estimate of drug-likeness (QED) is 0.312. The van der Waals surface area contributed by atoms with Crippen molar-refractivity contribution in [1.82, 2.24) is 0 Å². The summed E-state index contributed by atoms with van der Waals surface area (Å²) in [4.78, 5) is 29.0. The molecule has 1 aliphatic heterocycles. The monoisotopic (exact) mass is 491 g/mol. The van der Waals surface area contributed by atoms with E-state index in [-0.39, 0.29) is 11.8 Å². The van der Waals surface area contributed by atoms with Crippen molar-refractivity contribution < 1.29 is 9.59 Å². The maximum absolute atomic E-state index is 13.4. The van der Waals surface area contributed by atoms with E-state index in [9.17, 15) is 9.59 Å². The molecule has 0 fully saturated rings. The molecule has 4 aromatic rings. The van der Waals surface area contributed by atoms with Crippen molar-refractivity contribution in [3.63, 3.8) is 0 Å². The lowest BCUT2D eigenvalue weighted by molar-refractivity contribution is 0.0986. The predicted octanol–water partition coefficient (Wildman–Crippen LogP) is 6.70. The summed E-state index contributed by atoms with van der Waals surface area (Å²) in [6.45, 7) is 2.53. The average molecular weight is 492 g/mol. The van der Waals surface area contributed by atoms with Crippen LogP contribution in [0.1, 0.15) is 32.7 Å². The second kappa shape index (κ2) is 10.1. The number of para-hydroxylation sites is 2. The summed E-state index contributed by atoms with van der Waals surface area (Å²) in [5, 5.41) is 6.18. The van der Waals surface area contributed by atoms with Crippen LogP contribution in [0.2, 0.25) is 0 Å². The van der Waals surface area contributed by atoms with Gasteiger partial charge in [-0.1, -0.05) is 72.4 Å². The van der Waals surface area contributed by atoms with Crippen LogP contribution in [0.3, 0.4) is 0 Å². The van der Waals surface area contributed by atoms with E-state index in [2.05, 4.69) is 10.6 Å². The molecule has 4 aromatic carbocycles. The van der Waals surface area contributed by atoms with Gasteiger partial charge in [-0.05, 0) is 60.5 Å². The molecule has 1 aliphatic rings. The Labute approximate surface area is 215 Å². The molecule has 2 amide bonds. The van der Waals surface area contributed by atoms with Crippen LogP contribution in [0.25, 0.3) is 11.1 Å². The first-order valence-corrected chi connectivity index (χ1v) is 12.2. The molecule has 0 aliphatic carbocycles. The number of thiocarbonyl (C=S) groups is 1. The van der Waals surface area contributed by atoms with E-state index < -0.39 is 0 Å². The van der Waals surface area contributed by atoms with Gasteiger partial charge in [-0.3, -0.25) is 9.59 Å². The molecule has 178 valence electrons. The Kier molecular flexibility index (Phi) is 6.60. The number of aryl methyl sites for hydroxylation is 1. The lowest BCUT2D eigenvalue weighted by Gasteiger charge is -2.22. The number of anilines is 3. The van der Waals surface area contributed by atoms with Crippen molar-refractivity contribution in [2.24, 2.45) is 0 Å². The number of hydrogen-bond acceptors (Lipinski definition) is 3. The number of nitrogens with one attached hydrogen (secondary N) is 2. The fraction of sp³-hybridized carbons (Fsp3) is 0.100. The van der Waals surface area contributed by atoms with E-state index in [0.717, 1.165) is 28.1 Å². The Morgan fingerprint density at radius 3 is 2.33 bits per heavy atom. The third-order valence-electron chi connectivity index (χ3n) is 6.20. The van der Waals surface area contributed by atoms with Crippen molar-refractivity contribution >= 4 is 46.1 Å². The van der Waals surface area contributed by atoms with Crippen LogP contribution in [-0.4, -0.2) is 23.3 Å². The Morgan fingerprint density at radius 1 is 0.861 bits per heavy atom. The maximum Gasteiger partial charge on any atom is 0.258 e. The lowest BCUT2D eigenvalue weighted by Crippen LogP contribution is -2.31. The smallest absolute Gasteiger partial charge is 0.258 e. The zero-order valence-corrected chi connectivity index (χ0v) is 20.6. The van der Waals surface area contributed by atoms with Crippen LogP contribution in [0.5, 0.6) is 0 Å². The van der Waals surface area contributed by atoms with Crippen molar-refractivity contribution in [1.29, 1.82) is 0 Å². The van der Waals surface area contributed by atoms with E-state index in [4.69, 9.17) is 12.2 Å². The molecule has 5 rings (SSSR count). The van der Waals surface area contributed by atoms with Gasteiger partial charge in [-0.25, -0.2) is 0 Å². The largest absolute Gasteiger partial charge is 0.348 e. The molecule has 0 unspecified atom stereocenters. The number of nitrogens with zero attached hydrogens (tertiary/aromatic N) is 1. The summed E-state index contributed by atoms with van der Waals surface area (Å²) in [5.41, 5.74) is 6.39. The Balaban J connectivity index is 1.35. The second-order valence-electron chi connectivity index (χ2n) is 8.72. The highest BCUT2D eigenvalue weighted by molar-refractivity contribution is 7.80. The minimum Gasteiger partial charge on any atom is -0.348 e. The minimum absolute atomic E-state index is 0.114. The molecule has 0 bridgehead atoms. The topological polar surface area (TPSA) is 61.4 Å². The van der Waals surface area contributed by atoms with Gasteiger partial charge < -0.3 is 15.5 Å². The summed E-state index contributed by atoms with van der Waals surface area (Å²) in [7, 11) is 0. The van der Waals surface area contributed by atoms with Gasteiger partial charge >= 0.3 is 0 Å². The number of amides is 2. The molecule has 0 atom stereocenters. The molecule has 0 aromatic heterocycles. The van der Waals surface area contributed by atoms with Gasteiger partial charge in [0.05, 0.1) is 16.4 Å². The second-order valence-corrected chi connectivity index (χ2v) is 9.21. The first kappa shape index (κ1) is 23.5. The highest BCUT2D eigenvalue weighted by atomic mass is 32.1. The average Bonchev–Trinajstić information content (AvgIpc) is 3.07. The van der Waals surface area contributed by atoms with Crippen LogP contribution in [-0.2, 0) is 0 Å². The van der Waals surface area contributed by atoms with Gasteiger partial charge in [-0.2, -0.15) is 0 Å². The summed E-state index contributed by atoms with van der Waals surface area (Å²) >= 11 is 5.38. The number of carbonyl (C=O) groups is 2. The number of benzene rings is 4. The summed E-state index contributed by atoms with van der Waals surface area (Å²) in [6.07, 6.45) is 0.588. The van der Waals surface area contributed by atoms with Gasteiger partial charge in [-0.15, -0.1) is 0 Å². The Bertz CT molecular complexity index is 1450. The van der Waals surface area contributed by atoms with Crippen molar-refractivity contribution in [2.45, 2.75) is 13.3 Å². The molecule has 36 heavy (non-hydrogen) atoms. The zero-order chi connectivity index (χ0) is 25.1. The molecule has 1 heterocycles. The molecule has 0 saturated carbocycles. The molecule has 6 heteroatoms. The molecular formula is C30H25N3O2S. The Morgan fingerprint density at radius 2 is 1.56 bits per heavy atom. The summed E-state index contributed by atoms with van der Waals surface area (Å²) < 4.78 is 0. The third kappa shape index (κ3) is 4.90. The molecule has 5 nitrogen and oxygen atoms in total. The molecule has 0 saturated heterocycles. The van der Waals surface area contributed by atoms with Crippen LogP contribution < -0.4 is 15.5 Å². The van der Waals surface area contributed by atoms with E-state index in [1.165, 1.54) is 0 Å². The van der Waals surface area contributed by atoms with Crippen molar-refractivity contribution in [3.05, 3.63) is 114 Å². The first-order chi connectivity index (χ1) is 17.5. The fourth-order valence-corrected chi connectivity index (χ4v) is 4.49. The van der Waals surface area contributed by atoms with Crippen LogP contribution >= 0.6 is 12.2 Å². The van der Waals surface area contributed by atoms with E-state index in [1.807, 2.05) is 79.7 Å². The first-order valence-electron chi connectivity index (χ1n) is 11.8. The van der Waals surface area contributed by atoms with Crippen LogP contribution in [0.4, 0.5) is 17.1 Å². The molecule has 0 spiro atoms. The van der Waals surface area contributed by atoms with E-state index in [1.54, 1.807) is 29.2 Å². The number of fused-ring (bicyclic) bond motifs is 1. The van der Waals surface area contributed by atoms with E-state index in [0.29, 0.717) is 34.8 Å². The lowest BCUT2D eigenvalue weighted by atomic mass is 9.98. The third-order valence-corrected chi connectivity index (χ3v) is 6.51. The normalized spacial score (nSPS) is 12.8. The minimum atomic E-state index is -0.203. The van der Waals surface area contributed by atoms with Gasteiger partial charge in [0.25, 0.3) is 11.8 Å². The fourth-order valence-electron chi connectivity index (χ4n) is 4.29. The molecular weight excluding hydrogens is 466 g/mol. The highest BCUT2D eigenvalue weighted by Gasteiger charge is 2.23. The van der Waals surface area contributed by atoms with Crippen molar-refractivity contribution in [2.75, 3.05) is 22.1 Å². The maximum atomic E-state index is 13.4. The summed E-state index contributed by atoms with van der Waals surface area (Å²) in [6, 6.07) is 30.3. The standard InChI is InChI=1S/C30H25N3O2S/c1-20-10-12-21(13-11-20)24-6-2-3-7-25(24)29(34)31-23-16-14-22(15-17-23)30(35)33-19-18-28(36)32-26-8-4-5-9-27(26)33/h2-17H,18-19H2,1H3,(H,31,34)(H,32,36). The Hall–Kier alpha value is -4.29. The van der Waals surface area contributed by atoms with Crippen molar-refractivity contribution in [3.8, 4) is 11.1 Å². The highest BCUT2D eigenvalue weighted by Crippen LogP contribution is 2.30. The van der Waals surface area contributed by atoms with Gasteiger partial charge in [0.1, 0.15) is 0 Å². The van der Waals surface area contributed by atoms with Crippen LogP contribution in [0.15, 0.2) is 97.1 Å². The number of carbonyl (C=O) groups excluding carboxylic acids is 2. The molecule has 2 N–H and O–H groups in total.